The van der Waals surface area contributed by atoms with Gasteiger partial charge in [0, 0.05) is 6.20 Å². The maximum atomic E-state index is 14.2. The average molecular weight is 424 g/mol. The normalized spacial score (nSPS) is 11.0. The number of ether oxygens (including phenoxy) is 2. The van der Waals surface area contributed by atoms with Crippen molar-refractivity contribution >= 4 is 28.5 Å². The van der Waals surface area contributed by atoms with Crippen molar-refractivity contribution in [3.05, 3.63) is 68.5 Å². The molecule has 0 atom stereocenters. The number of nitrogens with zero attached hydrogens (tertiary/aromatic N) is 1. The highest BCUT2D eigenvalue weighted by atomic mass is 35.5. The molecule has 0 saturated carbocycles. The van der Waals surface area contributed by atoms with E-state index in [4.69, 9.17) is 21.1 Å². The summed E-state index contributed by atoms with van der Waals surface area (Å²) in [6.07, 6.45) is 1.14. The van der Waals surface area contributed by atoms with Crippen LogP contribution in [0.3, 0.4) is 0 Å². The number of halogens is 3. The van der Waals surface area contributed by atoms with E-state index in [-0.39, 0.29) is 41.1 Å². The minimum Gasteiger partial charge on any atom is -0.495 e. The highest BCUT2D eigenvalue weighted by molar-refractivity contribution is 6.35. The monoisotopic (exact) mass is 423 g/mol. The van der Waals surface area contributed by atoms with Gasteiger partial charge >= 0.3 is 5.97 Å². The standard InChI is InChI=1S/C20H16ClF2NO5/c1-3-29-20(27)12-8-24(14-5-4-10(9-25)6-15(14)28-2)18-11(19(12)26)7-13(22)17(23)16(18)21/h4-8,25H,3,9H2,1-2H3. The van der Waals surface area contributed by atoms with Gasteiger partial charge in [0.2, 0.25) is 5.43 Å². The third kappa shape index (κ3) is 3.56. The lowest BCUT2D eigenvalue weighted by atomic mass is 10.1. The number of benzene rings is 2. The predicted octanol–water partition coefficient (Wildman–Crippen LogP) is 3.60. The Morgan fingerprint density at radius 3 is 2.62 bits per heavy atom. The largest absolute Gasteiger partial charge is 0.495 e. The molecule has 0 fully saturated rings. The van der Waals surface area contributed by atoms with Crippen molar-refractivity contribution in [3.8, 4) is 11.4 Å². The number of hydrogen-bond acceptors (Lipinski definition) is 5. The molecule has 0 spiro atoms. The molecule has 0 unspecified atom stereocenters. The van der Waals surface area contributed by atoms with E-state index >= 15 is 0 Å². The van der Waals surface area contributed by atoms with Gasteiger partial charge in [-0.05, 0) is 30.7 Å². The molecule has 3 aromatic rings. The Morgan fingerprint density at radius 1 is 1.28 bits per heavy atom. The third-order valence-corrected chi connectivity index (χ3v) is 4.65. The first-order valence-corrected chi connectivity index (χ1v) is 8.89. The minimum absolute atomic E-state index is 0.0172. The molecule has 2 aromatic carbocycles. The molecule has 29 heavy (non-hydrogen) atoms. The molecular formula is C20H16ClF2NO5. The number of rotatable bonds is 5. The van der Waals surface area contributed by atoms with Crippen LogP contribution in [-0.4, -0.2) is 29.4 Å². The molecule has 1 heterocycles. The molecule has 0 saturated heterocycles. The second kappa shape index (κ2) is 8.18. The molecule has 0 radical (unpaired) electrons. The lowest BCUT2D eigenvalue weighted by Crippen LogP contribution is -2.21. The average Bonchev–Trinajstić information content (AvgIpc) is 2.72. The van der Waals surface area contributed by atoms with Crippen LogP contribution in [0, 0.1) is 11.6 Å². The Hall–Kier alpha value is -2.97. The van der Waals surface area contributed by atoms with Gasteiger partial charge in [-0.1, -0.05) is 17.7 Å². The molecule has 9 heteroatoms. The van der Waals surface area contributed by atoms with Gasteiger partial charge in [0.15, 0.2) is 11.6 Å². The smallest absolute Gasteiger partial charge is 0.343 e. The highest BCUT2D eigenvalue weighted by Crippen LogP contribution is 2.33. The lowest BCUT2D eigenvalue weighted by molar-refractivity contribution is 0.0524. The first-order valence-electron chi connectivity index (χ1n) is 8.52. The Kier molecular flexibility index (Phi) is 5.86. The molecular weight excluding hydrogens is 408 g/mol. The highest BCUT2D eigenvalue weighted by Gasteiger charge is 2.23. The quantitative estimate of drug-likeness (QED) is 0.501. The Bertz CT molecular complexity index is 1180. The number of aromatic nitrogens is 1. The van der Waals surface area contributed by atoms with Crippen LogP contribution in [-0.2, 0) is 11.3 Å². The van der Waals surface area contributed by atoms with Crippen molar-refractivity contribution in [2.75, 3.05) is 13.7 Å². The predicted molar refractivity (Wildman–Crippen MR) is 103 cm³/mol. The van der Waals surface area contributed by atoms with Crippen LogP contribution in [0.2, 0.25) is 5.02 Å². The number of methoxy groups -OCH3 is 1. The van der Waals surface area contributed by atoms with E-state index in [2.05, 4.69) is 0 Å². The lowest BCUT2D eigenvalue weighted by Gasteiger charge is -2.18. The van der Waals surface area contributed by atoms with E-state index in [9.17, 15) is 23.5 Å². The van der Waals surface area contributed by atoms with Gasteiger partial charge < -0.3 is 19.1 Å². The Balaban J connectivity index is 2.48. The third-order valence-electron chi connectivity index (χ3n) is 4.31. The molecule has 1 N–H and O–H groups in total. The van der Waals surface area contributed by atoms with Crippen molar-refractivity contribution < 1.29 is 28.2 Å². The summed E-state index contributed by atoms with van der Waals surface area (Å²) in [6.45, 7) is 1.33. The molecule has 0 aliphatic carbocycles. The van der Waals surface area contributed by atoms with Crippen LogP contribution >= 0.6 is 11.6 Å². The molecule has 0 bridgehead atoms. The summed E-state index contributed by atoms with van der Waals surface area (Å²) in [5.74, 6) is -3.33. The van der Waals surface area contributed by atoms with Crippen LogP contribution in [0.15, 0.2) is 35.3 Å². The first kappa shape index (κ1) is 20.8. The zero-order chi connectivity index (χ0) is 21.3. The number of pyridine rings is 1. The Morgan fingerprint density at radius 2 is 2.00 bits per heavy atom. The van der Waals surface area contributed by atoms with Gasteiger partial charge in [-0.3, -0.25) is 4.79 Å². The van der Waals surface area contributed by atoms with Crippen LogP contribution in [0.1, 0.15) is 22.8 Å². The summed E-state index contributed by atoms with van der Waals surface area (Å²) < 4.78 is 39.7. The van der Waals surface area contributed by atoms with Crippen LogP contribution < -0.4 is 10.2 Å². The summed E-state index contributed by atoms with van der Waals surface area (Å²) >= 11 is 6.03. The topological polar surface area (TPSA) is 77.8 Å². The van der Waals surface area contributed by atoms with Crippen molar-refractivity contribution in [3.63, 3.8) is 0 Å². The van der Waals surface area contributed by atoms with Crippen LogP contribution in [0.4, 0.5) is 8.78 Å². The van der Waals surface area contributed by atoms with Crippen molar-refractivity contribution in [2.24, 2.45) is 0 Å². The zero-order valence-electron chi connectivity index (χ0n) is 15.5. The van der Waals surface area contributed by atoms with Gasteiger partial charge in [-0.25, -0.2) is 13.6 Å². The molecule has 3 rings (SSSR count). The van der Waals surface area contributed by atoms with E-state index in [1.54, 1.807) is 13.0 Å². The maximum absolute atomic E-state index is 14.2. The zero-order valence-corrected chi connectivity index (χ0v) is 16.2. The van der Waals surface area contributed by atoms with Gasteiger partial charge in [0.1, 0.15) is 16.3 Å². The number of aliphatic hydroxyl groups excluding tert-OH is 1. The fourth-order valence-corrected chi connectivity index (χ4v) is 3.24. The van der Waals surface area contributed by atoms with Gasteiger partial charge in [0.05, 0.1) is 36.9 Å². The molecule has 0 amide bonds. The van der Waals surface area contributed by atoms with E-state index in [0.29, 0.717) is 11.6 Å². The molecule has 0 aliphatic rings. The van der Waals surface area contributed by atoms with Gasteiger partial charge in [-0.2, -0.15) is 0 Å². The molecule has 152 valence electrons. The fraction of sp³-hybridized carbons (Fsp3) is 0.200. The summed E-state index contributed by atoms with van der Waals surface area (Å²) in [4.78, 5) is 25.1. The van der Waals surface area contributed by atoms with Crippen molar-refractivity contribution in [2.45, 2.75) is 13.5 Å². The minimum atomic E-state index is -1.33. The van der Waals surface area contributed by atoms with E-state index < -0.39 is 28.1 Å². The second-order valence-electron chi connectivity index (χ2n) is 6.01. The van der Waals surface area contributed by atoms with Crippen molar-refractivity contribution in [1.82, 2.24) is 4.57 Å². The summed E-state index contributed by atoms with van der Waals surface area (Å²) in [5.41, 5.74) is -0.548. The van der Waals surface area contributed by atoms with E-state index in [0.717, 1.165) is 6.20 Å². The number of fused-ring (bicyclic) bond motifs is 1. The second-order valence-corrected chi connectivity index (χ2v) is 6.39. The summed E-state index contributed by atoms with van der Waals surface area (Å²) in [7, 11) is 1.37. The number of hydrogen-bond donors (Lipinski definition) is 1. The molecule has 1 aromatic heterocycles. The fourth-order valence-electron chi connectivity index (χ4n) is 2.96. The van der Waals surface area contributed by atoms with E-state index in [1.165, 1.54) is 23.8 Å². The van der Waals surface area contributed by atoms with Gasteiger partial charge in [-0.15, -0.1) is 0 Å². The number of carbonyl (C=O) groups is 1. The van der Waals surface area contributed by atoms with Gasteiger partial charge in [0.25, 0.3) is 0 Å². The molecule has 6 nitrogen and oxygen atoms in total. The SMILES string of the molecule is CCOC(=O)c1cn(-c2ccc(CO)cc2OC)c2c(Cl)c(F)c(F)cc2c1=O. The maximum Gasteiger partial charge on any atom is 0.343 e. The van der Waals surface area contributed by atoms with Crippen LogP contribution in [0.5, 0.6) is 5.75 Å². The summed E-state index contributed by atoms with van der Waals surface area (Å²) in [6, 6.07) is 5.31. The van der Waals surface area contributed by atoms with Crippen molar-refractivity contribution in [1.29, 1.82) is 0 Å². The summed E-state index contributed by atoms with van der Waals surface area (Å²) in [5, 5.41) is 8.41. The van der Waals surface area contributed by atoms with E-state index in [1.807, 2.05) is 0 Å². The molecule has 0 aliphatic heterocycles. The Labute approximate surface area is 168 Å². The van der Waals surface area contributed by atoms with Crippen LogP contribution in [0.25, 0.3) is 16.6 Å². The first-order chi connectivity index (χ1) is 13.8. The number of esters is 1. The number of carbonyl (C=O) groups excluding carboxylic acids is 1. The number of aliphatic hydroxyl groups is 1.